The number of halogens is 9. The van der Waals surface area contributed by atoms with E-state index < -0.39 is 11.7 Å². The Morgan fingerprint density at radius 1 is 0.398 bits per heavy atom. The molecule has 3 saturated carbocycles. The number of nitrogens with zero attached hydrogens (tertiary/aromatic N) is 16. The third kappa shape index (κ3) is 23.4. The molecule has 0 aliphatic heterocycles. The van der Waals surface area contributed by atoms with Gasteiger partial charge in [0.15, 0.2) is 29.0 Å². The van der Waals surface area contributed by atoms with Crippen molar-refractivity contribution in [3.8, 4) is 63.8 Å². The smallest absolute Gasteiger partial charge is 0.369 e. The average Bonchev–Trinajstić information content (AvgIpc) is 1.80. The zero-order valence-electron chi connectivity index (χ0n) is 60.3. The van der Waals surface area contributed by atoms with Gasteiger partial charge in [0.05, 0.1) is 50.3 Å². The van der Waals surface area contributed by atoms with Crippen LogP contribution >= 0.6 is 69.6 Å². The fraction of sp³-hybridized carbons (Fsp3) is 0.241. The SMILES string of the molecule is Cc1cc(NCCNc2ccc(C#N)cn2)nc(-c2ccccc2C(F)(F)F)n1.Clc1ccc(-c2ncc(C3CC3)c(NCCNc3ccn[nH]3)n2)c(Cl)c1.N#Cc1ccc(NCCNc2nc(-c3ccc(Cl)cc3Cl)ncc2C2CC2)nc1.N#Cc1cnc(NCCNc2nc(-c3ccc(Cl)cc3Cl)ncc2C2CC2)cn1. The minimum absolute atomic E-state index is 0.0159. The molecular weight excluding hydrogens is 1570 g/mol. The minimum Gasteiger partial charge on any atom is -0.369 e. The molecule has 34 heteroatoms. The van der Waals surface area contributed by atoms with Crippen molar-refractivity contribution in [1.29, 1.82) is 15.8 Å². The summed E-state index contributed by atoms with van der Waals surface area (Å²) >= 11 is 36.9. The van der Waals surface area contributed by atoms with Crippen molar-refractivity contribution in [2.45, 2.75) is 69.4 Å². The van der Waals surface area contributed by atoms with Gasteiger partial charge in [0.25, 0.3) is 0 Å². The van der Waals surface area contributed by atoms with Crippen molar-refractivity contribution in [1.82, 2.24) is 70.0 Å². The lowest BCUT2D eigenvalue weighted by molar-refractivity contribution is -0.137. The molecule has 3 aliphatic carbocycles. The molecule has 0 unspecified atom stereocenters. The van der Waals surface area contributed by atoms with E-state index in [0.717, 1.165) is 102 Å². The number of hydrogen-bond acceptors (Lipinski definition) is 24. The zero-order valence-corrected chi connectivity index (χ0v) is 64.8. The second-order valence-electron chi connectivity index (χ2n) is 25.8. The maximum atomic E-state index is 13.3. The van der Waals surface area contributed by atoms with E-state index in [0.29, 0.717) is 139 Å². The number of aromatic amines is 1. The van der Waals surface area contributed by atoms with Gasteiger partial charge in [-0.15, -0.1) is 0 Å². The largest absolute Gasteiger partial charge is 0.417 e. The molecule has 0 atom stereocenters. The molecule has 0 bridgehead atoms. The van der Waals surface area contributed by atoms with Crippen LogP contribution in [0.25, 0.3) is 45.6 Å². The number of aromatic nitrogens is 14. The average molecular weight is 1640 g/mol. The third-order valence-corrected chi connectivity index (χ3v) is 19.0. The van der Waals surface area contributed by atoms with Crippen LogP contribution < -0.4 is 42.5 Å². The monoisotopic (exact) mass is 1640 g/mol. The quantitative estimate of drug-likeness (QED) is 0.0216. The highest BCUT2D eigenvalue weighted by Gasteiger charge is 2.35. The highest BCUT2D eigenvalue weighted by atomic mass is 35.5. The molecule has 574 valence electrons. The van der Waals surface area contributed by atoms with Crippen molar-refractivity contribution in [2.24, 2.45) is 0 Å². The van der Waals surface area contributed by atoms with E-state index in [2.05, 4.69) is 104 Å². The first-order valence-electron chi connectivity index (χ1n) is 35.7. The topological polar surface area (TPSA) is 351 Å². The van der Waals surface area contributed by atoms with E-state index in [9.17, 15) is 13.2 Å². The van der Waals surface area contributed by atoms with Crippen LogP contribution in [0.4, 0.5) is 59.7 Å². The van der Waals surface area contributed by atoms with Crippen LogP contribution in [0, 0.1) is 40.9 Å². The Morgan fingerprint density at radius 3 is 1.20 bits per heavy atom. The Bertz CT molecular complexity index is 5200. The van der Waals surface area contributed by atoms with Crippen LogP contribution in [-0.4, -0.2) is 122 Å². The summed E-state index contributed by atoms with van der Waals surface area (Å²) in [5.41, 5.74) is 6.71. The fourth-order valence-corrected chi connectivity index (χ4v) is 12.7. The summed E-state index contributed by atoms with van der Waals surface area (Å²) in [7, 11) is 0. The lowest BCUT2D eigenvalue weighted by Crippen LogP contribution is -2.16. The maximum absolute atomic E-state index is 13.3. The number of H-pyrrole nitrogens is 1. The second-order valence-corrected chi connectivity index (χ2v) is 28.4. The van der Waals surface area contributed by atoms with Crippen molar-refractivity contribution in [3.05, 3.63) is 240 Å². The summed E-state index contributed by atoms with van der Waals surface area (Å²) in [5.74, 6) is 9.11. The highest BCUT2D eigenvalue weighted by molar-refractivity contribution is 6.37. The van der Waals surface area contributed by atoms with Crippen molar-refractivity contribution in [2.75, 3.05) is 94.9 Å². The van der Waals surface area contributed by atoms with Gasteiger partial charge in [-0.05, 0) is 154 Å². The van der Waals surface area contributed by atoms with Crippen LogP contribution in [0.15, 0.2) is 165 Å². The first-order valence-corrected chi connectivity index (χ1v) is 38.0. The van der Waals surface area contributed by atoms with Gasteiger partial charge in [-0.2, -0.15) is 34.1 Å². The van der Waals surface area contributed by atoms with Gasteiger partial charge in [-0.3, -0.25) is 5.10 Å². The van der Waals surface area contributed by atoms with Crippen molar-refractivity contribution in [3.63, 3.8) is 0 Å². The summed E-state index contributed by atoms with van der Waals surface area (Å²) in [6.07, 6.45) is 15.9. The highest BCUT2D eigenvalue weighted by Crippen LogP contribution is 2.46. The Morgan fingerprint density at radius 2 is 0.823 bits per heavy atom. The molecule has 0 radical (unpaired) electrons. The van der Waals surface area contributed by atoms with Crippen LogP contribution in [0.5, 0.6) is 0 Å². The summed E-state index contributed by atoms with van der Waals surface area (Å²) < 4.78 is 39.9. The van der Waals surface area contributed by atoms with Crippen LogP contribution in [-0.2, 0) is 6.18 Å². The summed E-state index contributed by atoms with van der Waals surface area (Å²) in [5, 5.41) is 62.5. The Labute approximate surface area is 678 Å². The molecule has 25 nitrogen and oxygen atoms in total. The summed E-state index contributed by atoms with van der Waals surface area (Å²) in [4.78, 5) is 52.6. The number of aryl methyl sites for hydroxylation is 1. The Kier molecular flexibility index (Phi) is 27.8. The second kappa shape index (κ2) is 38.9. The number of nitriles is 3. The number of nitrogens with one attached hydrogen (secondary N) is 9. The van der Waals surface area contributed by atoms with E-state index in [1.807, 2.05) is 55.0 Å². The van der Waals surface area contributed by atoms with Gasteiger partial charge in [0, 0.05) is 149 Å². The first kappa shape index (κ1) is 80.7. The summed E-state index contributed by atoms with van der Waals surface area (Å²) in [6, 6.07) is 37.6. The number of hydrogen-bond donors (Lipinski definition) is 9. The van der Waals surface area contributed by atoms with Crippen molar-refractivity contribution >= 4 is 116 Å². The van der Waals surface area contributed by atoms with E-state index in [1.165, 1.54) is 49.0 Å². The molecule has 8 aromatic heterocycles. The molecule has 3 fully saturated rings. The first-order chi connectivity index (χ1) is 54.8. The number of benzene rings is 4. The lowest BCUT2D eigenvalue weighted by atomic mass is 10.1. The van der Waals surface area contributed by atoms with Crippen LogP contribution in [0.1, 0.15) is 101 Å². The lowest BCUT2D eigenvalue weighted by Gasteiger charge is -2.13. The van der Waals surface area contributed by atoms with Gasteiger partial charge >= 0.3 is 6.18 Å². The van der Waals surface area contributed by atoms with E-state index in [-0.39, 0.29) is 17.1 Å². The predicted molar refractivity (Wildman–Crippen MR) is 437 cm³/mol. The normalized spacial score (nSPS) is 12.6. The van der Waals surface area contributed by atoms with Crippen molar-refractivity contribution < 1.29 is 13.2 Å². The molecule has 15 rings (SSSR count). The van der Waals surface area contributed by atoms with Crippen LogP contribution in [0.2, 0.25) is 30.1 Å². The van der Waals surface area contributed by atoms with Gasteiger partial charge in [0.2, 0.25) is 0 Å². The molecule has 3 aliphatic rings. The molecule has 9 N–H and O–H groups in total. The maximum Gasteiger partial charge on any atom is 0.417 e. The molecule has 8 heterocycles. The summed E-state index contributed by atoms with van der Waals surface area (Å²) in [6.45, 7) is 6.69. The molecule has 4 aromatic carbocycles. The van der Waals surface area contributed by atoms with Crippen LogP contribution in [0.3, 0.4) is 0 Å². The molecule has 0 saturated heterocycles. The Hall–Kier alpha value is -11.8. The number of anilines is 8. The van der Waals surface area contributed by atoms with Gasteiger partial charge < -0.3 is 42.5 Å². The minimum atomic E-state index is -4.49. The molecular formula is C79H70Cl6F3N25. The molecule has 0 spiro atoms. The van der Waals surface area contributed by atoms with E-state index >= 15 is 0 Å². The molecule has 12 aromatic rings. The van der Waals surface area contributed by atoms with Gasteiger partial charge in [-0.1, -0.05) is 87.8 Å². The number of rotatable bonds is 27. The molecule has 113 heavy (non-hydrogen) atoms. The van der Waals surface area contributed by atoms with Gasteiger partial charge in [0.1, 0.15) is 64.8 Å². The van der Waals surface area contributed by atoms with E-state index in [1.54, 1.807) is 92.2 Å². The standard InChI is InChI=1S/C21H18Cl2N6.C20H17Cl2N7.C20H17F3N6.C18H18Cl2N6/c22-15-4-5-16(18(23)9-15)20-28-12-17(14-2-3-14)21(29-20)26-8-7-25-19-6-1-13(10-24)11-27-19;21-13-3-4-15(17(22)7-13)19-28-10-16(12-1-2-12)20(29-19)25-6-5-24-18-11-26-14(8-23)9-27-18;1-13-10-18(26-9-8-25-17-7-6-14(11-24)12-27-17)29-19(28-13)15-4-2-3-5-16(15)20(21,22)23;19-12-3-4-13(15(20)9-12)17-23-10-14(11-1-2-11)18(25-17)22-8-7-21-16-5-6-24-26-16/h1,4-6,9,11-12,14H,2-3,7-8H2,(H,25,27)(H,26,28,29);3-4,7,9-12H,1-2,5-6H2,(H,24,27)(H,25,28,29);2-7,10,12H,8-9H2,1H3,(H,25,27)(H,26,28,29);3-6,9-11H,1-2,7-8H2,(H2,21,24,26)(H,22,23,25). The fourth-order valence-electron chi connectivity index (χ4n) is 11.2. The number of pyridine rings is 2. The number of alkyl halides is 3. The molecule has 0 amide bonds. The van der Waals surface area contributed by atoms with E-state index in [4.69, 9.17) is 100 Å². The predicted octanol–water partition coefficient (Wildman–Crippen LogP) is 18.5. The zero-order chi connectivity index (χ0) is 79.2. The Balaban J connectivity index is 0.000000140. The third-order valence-electron chi connectivity index (χ3n) is 17.3. The van der Waals surface area contributed by atoms with Gasteiger partial charge in [-0.25, -0.2) is 59.8 Å².